The highest BCUT2D eigenvalue weighted by Gasteiger charge is 2.31. The highest BCUT2D eigenvalue weighted by molar-refractivity contribution is 5.90. The zero-order valence-electron chi connectivity index (χ0n) is 32.3. The lowest BCUT2D eigenvalue weighted by atomic mass is 9.75. The van der Waals surface area contributed by atoms with Crippen LogP contribution in [0.25, 0.3) is 11.0 Å². The molecule has 6 heteroatoms. The molecule has 1 aliphatic heterocycles. The van der Waals surface area contributed by atoms with Crippen LogP contribution in [-0.2, 0) is 36.8 Å². The van der Waals surface area contributed by atoms with E-state index in [4.69, 9.17) is 18.6 Å². The van der Waals surface area contributed by atoms with Crippen molar-refractivity contribution in [2.75, 3.05) is 13.7 Å². The zero-order valence-corrected chi connectivity index (χ0v) is 32.3. The molecule has 0 N–H and O–H groups in total. The molecule has 1 fully saturated rings. The third-order valence-electron chi connectivity index (χ3n) is 8.61. The summed E-state index contributed by atoms with van der Waals surface area (Å²) in [5, 5.41) is 0.948. The highest BCUT2D eigenvalue weighted by Crippen LogP contribution is 2.36. The minimum Gasteiger partial charge on any atom is -0.462 e. The van der Waals surface area contributed by atoms with Gasteiger partial charge >= 0.3 is 11.9 Å². The SMILES string of the molecule is COCc1ccccc1.Cc1ccc(C#Cc2ccc3oc(CCC(=O)OCC4C/C(=C\CC(CC(C)(C)C)CC(C)(C)C)C(=O)O4)cc3c2)cc1. The van der Waals surface area contributed by atoms with Gasteiger partial charge in [-0.1, -0.05) is 107 Å². The number of benzene rings is 3. The predicted octanol–water partition coefficient (Wildman–Crippen LogP) is 10.6. The van der Waals surface area contributed by atoms with Crippen LogP contribution in [0.3, 0.4) is 0 Å². The molecular weight excluding hydrogens is 649 g/mol. The molecule has 0 aliphatic carbocycles. The summed E-state index contributed by atoms with van der Waals surface area (Å²) in [6, 6.07) is 26.0. The summed E-state index contributed by atoms with van der Waals surface area (Å²) in [4.78, 5) is 25.0. The molecular formula is C46H56O6. The van der Waals surface area contributed by atoms with Crippen molar-refractivity contribution in [3.05, 3.63) is 119 Å². The summed E-state index contributed by atoms with van der Waals surface area (Å²) in [7, 11) is 1.70. The summed E-state index contributed by atoms with van der Waals surface area (Å²) < 4.78 is 21.8. The second kappa shape index (κ2) is 18.8. The van der Waals surface area contributed by atoms with Gasteiger partial charge < -0.3 is 18.6 Å². The fourth-order valence-corrected chi connectivity index (χ4v) is 6.44. The number of cyclic esters (lactones) is 1. The average Bonchev–Trinajstić information content (AvgIpc) is 3.66. The van der Waals surface area contributed by atoms with Gasteiger partial charge in [-0.2, -0.15) is 0 Å². The fraction of sp³-hybridized carbons (Fsp3) is 0.435. The van der Waals surface area contributed by atoms with Crippen LogP contribution in [0.2, 0.25) is 0 Å². The second-order valence-electron chi connectivity index (χ2n) is 16.3. The lowest BCUT2D eigenvalue weighted by Crippen LogP contribution is -2.19. The van der Waals surface area contributed by atoms with Gasteiger partial charge in [0.2, 0.25) is 0 Å². The van der Waals surface area contributed by atoms with Crippen LogP contribution >= 0.6 is 0 Å². The third-order valence-corrected chi connectivity index (χ3v) is 8.61. The largest absolute Gasteiger partial charge is 0.462 e. The molecule has 2 heterocycles. The highest BCUT2D eigenvalue weighted by atomic mass is 16.6. The molecule has 4 aromatic rings. The van der Waals surface area contributed by atoms with E-state index in [-0.39, 0.29) is 35.8 Å². The molecule has 1 unspecified atom stereocenters. The molecule has 0 radical (unpaired) electrons. The first-order valence-electron chi connectivity index (χ1n) is 18.4. The van der Waals surface area contributed by atoms with Crippen LogP contribution in [0.5, 0.6) is 0 Å². The Bertz CT molecular complexity index is 1820. The average molecular weight is 705 g/mol. The van der Waals surface area contributed by atoms with E-state index in [1.807, 2.05) is 84.9 Å². The molecule has 1 atom stereocenters. The van der Waals surface area contributed by atoms with E-state index < -0.39 is 6.10 Å². The monoisotopic (exact) mass is 704 g/mol. The molecule has 52 heavy (non-hydrogen) atoms. The number of carbonyl (C=O) groups excluding carboxylic acids is 2. The Morgan fingerprint density at radius 1 is 0.904 bits per heavy atom. The summed E-state index contributed by atoms with van der Waals surface area (Å²) in [5.41, 5.74) is 6.20. The summed E-state index contributed by atoms with van der Waals surface area (Å²) in [5.74, 6) is 6.98. The van der Waals surface area contributed by atoms with Crippen molar-refractivity contribution < 1.29 is 28.2 Å². The third kappa shape index (κ3) is 14.2. The maximum atomic E-state index is 12.5. The maximum Gasteiger partial charge on any atom is 0.334 e. The van der Waals surface area contributed by atoms with Gasteiger partial charge in [0.25, 0.3) is 0 Å². The van der Waals surface area contributed by atoms with E-state index >= 15 is 0 Å². The van der Waals surface area contributed by atoms with Crippen molar-refractivity contribution in [3.8, 4) is 11.8 Å². The summed E-state index contributed by atoms with van der Waals surface area (Å²) in [6.07, 6.45) is 5.75. The first-order chi connectivity index (χ1) is 24.7. The first kappa shape index (κ1) is 40.2. The van der Waals surface area contributed by atoms with Gasteiger partial charge in [-0.25, -0.2) is 4.79 Å². The molecule has 3 aromatic carbocycles. The molecule has 0 amide bonds. The van der Waals surface area contributed by atoms with Crippen molar-refractivity contribution in [2.45, 2.75) is 99.7 Å². The number of hydrogen-bond donors (Lipinski definition) is 0. The van der Waals surface area contributed by atoms with E-state index in [1.165, 1.54) is 11.1 Å². The van der Waals surface area contributed by atoms with Gasteiger partial charge in [-0.05, 0) is 84.9 Å². The molecule has 0 bridgehead atoms. The van der Waals surface area contributed by atoms with Crippen molar-refractivity contribution in [1.82, 2.24) is 0 Å². The van der Waals surface area contributed by atoms with E-state index in [0.29, 0.717) is 36.7 Å². The standard InChI is InChI=1S/C38H46O5.C8H10O/c1-26-8-10-27(11-9-26)12-13-28-15-18-34-31(20-28)22-32(42-34)17-19-35(39)41-25-33-21-30(36(40)43-33)16-14-29(23-37(2,3)4)24-38(5,6)7;1-9-7-8-5-3-2-4-6-8/h8-11,15-16,18,20,22,29,33H,14,17,19,21,23-25H2,1-7H3;2-6H,7H2,1H3/b30-16+;. The normalized spacial score (nSPS) is 15.2. The van der Waals surface area contributed by atoms with E-state index in [0.717, 1.165) is 41.4 Å². The Labute approximate surface area is 310 Å². The predicted molar refractivity (Wildman–Crippen MR) is 209 cm³/mol. The molecule has 5 rings (SSSR count). The number of aryl methyl sites for hydroxylation is 2. The Morgan fingerprint density at radius 2 is 1.56 bits per heavy atom. The molecule has 1 saturated heterocycles. The number of rotatable bonds is 11. The smallest absolute Gasteiger partial charge is 0.334 e. The van der Waals surface area contributed by atoms with Crippen LogP contribution in [0.4, 0.5) is 0 Å². The molecule has 0 spiro atoms. The molecule has 0 saturated carbocycles. The number of methoxy groups -OCH3 is 1. The number of furan rings is 1. The van der Waals surface area contributed by atoms with E-state index in [2.05, 4.69) is 60.3 Å². The van der Waals surface area contributed by atoms with Crippen LogP contribution in [0.1, 0.15) is 102 Å². The topological polar surface area (TPSA) is 75.0 Å². The van der Waals surface area contributed by atoms with Crippen LogP contribution in [0.15, 0.2) is 94.9 Å². The summed E-state index contributed by atoms with van der Waals surface area (Å²) in [6.45, 7) is 16.4. The zero-order chi connectivity index (χ0) is 37.7. The van der Waals surface area contributed by atoms with Crippen molar-refractivity contribution >= 4 is 22.9 Å². The number of hydrogen-bond acceptors (Lipinski definition) is 6. The fourth-order valence-electron chi connectivity index (χ4n) is 6.44. The van der Waals surface area contributed by atoms with Crippen molar-refractivity contribution in [3.63, 3.8) is 0 Å². The number of esters is 2. The van der Waals surface area contributed by atoms with Crippen LogP contribution in [-0.4, -0.2) is 31.8 Å². The van der Waals surface area contributed by atoms with E-state index in [9.17, 15) is 9.59 Å². The maximum absolute atomic E-state index is 12.5. The second-order valence-corrected chi connectivity index (χ2v) is 16.3. The molecule has 1 aromatic heterocycles. The lowest BCUT2D eigenvalue weighted by molar-refractivity contribution is -0.152. The van der Waals surface area contributed by atoms with Crippen LogP contribution in [0, 0.1) is 35.5 Å². The van der Waals surface area contributed by atoms with Gasteiger partial charge in [-0.15, -0.1) is 0 Å². The molecule has 6 nitrogen and oxygen atoms in total. The van der Waals surface area contributed by atoms with Gasteiger partial charge in [-0.3, -0.25) is 4.79 Å². The number of carbonyl (C=O) groups is 2. The van der Waals surface area contributed by atoms with Crippen molar-refractivity contribution in [2.24, 2.45) is 16.7 Å². The van der Waals surface area contributed by atoms with Gasteiger partial charge in [0.05, 0.1) is 13.0 Å². The van der Waals surface area contributed by atoms with Gasteiger partial charge in [0.1, 0.15) is 24.1 Å². The Kier molecular flexibility index (Phi) is 14.5. The quantitative estimate of drug-likeness (QED) is 0.0879. The van der Waals surface area contributed by atoms with Crippen molar-refractivity contribution in [1.29, 1.82) is 0 Å². The van der Waals surface area contributed by atoms with Gasteiger partial charge in [0, 0.05) is 42.0 Å². The number of allylic oxidation sites excluding steroid dienone is 1. The number of ether oxygens (including phenoxy) is 3. The Morgan fingerprint density at radius 3 is 2.21 bits per heavy atom. The van der Waals surface area contributed by atoms with Gasteiger partial charge in [0.15, 0.2) is 0 Å². The Hall–Kier alpha value is -4.60. The number of fused-ring (bicyclic) bond motifs is 1. The summed E-state index contributed by atoms with van der Waals surface area (Å²) >= 11 is 0. The molecule has 1 aliphatic rings. The Balaban J connectivity index is 0.000000585. The van der Waals surface area contributed by atoms with Crippen LogP contribution < -0.4 is 0 Å². The lowest BCUT2D eigenvalue weighted by Gasteiger charge is -2.30. The minimum absolute atomic E-state index is 0.0679. The molecule has 276 valence electrons. The first-order valence-corrected chi connectivity index (χ1v) is 18.4. The minimum atomic E-state index is -0.433. The van der Waals surface area contributed by atoms with E-state index in [1.54, 1.807) is 7.11 Å².